The van der Waals surface area contributed by atoms with Crippen molar-refractivity contribution in [3.05, 3.63) is 29.6 Å². The highest BCUT2D eigenvalue weighted by atomic mass is 19.1. The number of amides is 2. The summed E-state index contributed by atoms with van der Waals surface area (Å²) in [5.41, 5.74) is 0.809. The predicted molar refractivity (Wildman–Crippen MR) is 98.9 cm³/mol. The van der Waals surface area contributed by atoms with Crippen molar-refractivity contribution in [3.63, 3.8) is 0 Å². The molecule has 7 heteroatoms. The summed E-state index contributed by atoms with van der Waals surface area (Å²) in [5.74, 6) is 0.0539. The molecule has 3 aliphatic rings. The summed E-state index contributed by atoms with van der Waals surface area (Å²) < 4.78 is 20.0. The van der Waals surface area contributed by atoms with Gasteiger partial charge in [0.25, 0.3) is 0 Å². The lowest BCUT2D eigenvalue weighted by Crippen LogP contribution is -2.55. The molecule has 2 amide bonds. The van der Waals surface area contributed by atoms with Crippen LogP contribution in [0.1, 0.15) is 31.2 Å². The fourth-order valence-electron chi connectivity index (χ4n) is 4.59. The first-order valence-corrected chi connectivity index (χ1v) is 9.77. The third-order valence-corrected chi connectivity index (χ3v) is 6.07. The van der Waals surface area contributed by atoms with Crippen LogP contribution in [0.2, 0.25) is 0 Å². The number of piperazine rings is 1. The van der Waals surface area contributed by atoms with Gasteiger partial charge in [0, 0.05) is 44.7 Å². The van der Waals surface area contributed by atoms with Crippen LogP contribution in [0.4, 0.5) is 14.9 Å². The minimum absolute atomic E-state index is 0.0208. The van der Waals surface area contributed by atoms with E-state index in [2.05, 4.69) is 5.32 Å². The summed E-state index contributed by atoms with van der Waals surface area (Å²) in [6.45, 7) is 3.08. The average molecular weight is 372 g/mol. The van der Waals surface area contributed by atoms with E-state index in [9.17, 15) is 9.18 Å². The van der Waals surface area contributed by atoms with Crippen molar-refractivity contribution in [3.8, 4) is 6.07 Å². The van der Waals surface area contributed by atoms with Crippen molar-refractivity contribution in [2.24, 2.45) is 5.92 Å². The Labute approximate surface area is 158 Å². The van der Waals surface area contributed by atoms with Crippen molar-refractivity contribution in [2.75, 3.05) is 37.7 Å². The van der Waals surface area contributed by atoms with Crippen molar-refractivity contribution in [1.82, 2.24) is 10.2 Å². The number of carbonyl (C=O) groups is 1. The van der Waals surface area contributed by atoms with Gasteiger partial charge in [0.1, 0.15) is 5.82 Å². The standard InChI is InChI=1S/C20H25FN4O2/c21-16-12-14(13-22)4-5-18(16)24-7-9-25(10-8-24)20(26)23-17-2-1-3-19-15(17)6-11-27-19/h4-5,12,15,17,19H,1-3,6-11H2,(H,23,26). The highest BCUT2D eigenvalue weighted by Crippen LogP contribution is 2.34. The van der Waals surface area contributed by atoms with Gasteiger partial charge in [-0.3, -0.25) is 0 Å². The van der Waals surface area contributed by atoms with Crippen LogP contribution in [0.3, 0.4) is 0 Å². The number of nitrogens with one attached hydrogen (secondary N) is 1. The molecule has 0 bridgehead atoms. The van der Waals surface area contributed by atoms with Crippen molar-refractivity contribution in [2.45, 2.75) is 37.8 Å². The van der Waals surface area contributed by atoms with Gasteiger partial charge in [0.15, 0.2) is 0 Å². The lowest BCUT2D eigenvalue weighted by molar-refractivity contribution is 0.0537. The van der Waals surface area contributed by atoms with Crippen LogP contribution in [-0.4, -0.2) is 55.9 Å². The molecule has 3 fully saturated rings. The maximum absolute atomic E-state index is 14.2. The maximum Gasteiger partial charge on any atom is 0.317 e. The van der Waals surface area contributed by atoms with Crippen LogP contribution in [0.25, 0.3) is 0 Å². The summed E-state index contributed by atoms with van der Waals surface area (Å²) >= 11 is 0. The zero-order valence-electron chi connectivity index (χ0n) is 15.4. The fraction of sp³-hybridized carbons (Fsp3) is 0.600. The van der Waals surface area contributed by atoms with Gasteiger partial charge in [-0.2, -0.15) is 5.26 Å². The molecule has 0 spiro atoms. The molecule has 27 heavy (non-hydrogen) atoms. The number of hydrogen-bond donors (Lipinski definition) is 1. The molecule has 2 saturated heterocycles. The van der Waals surface area contributed by atoms with Gasteiger partial charge in [-0.25, -0.2) is 9.18 Å². The normalized spacial score (nSPS) is 27.8. The van der Waals surface area contributed by atoms with E-state index < -0.39 is 0 Å². The van der Waals surface area contributed by atoms with Crippen molar-refractivity contribution >= 4 is 11.7 Å². The largest absolute Gasteiger partial charge is 0.378 e. The first-order valence-electron chi connectivity index (χ1n) is 9.77. The van der Waals surface area contributed by atoms with E-state index in [-0.39, 0.29) is 17.9 Å². The van der Waals surface area contributed by atoms with Crippen molar-refractivity contribution in [1.29, 1.82) is 5.26 Å². The number of halogens is 1. The Bertz CT molecular complexity index is 742. The zero-order chi connectivity index (χ0) is 18.8. The fourth-order valence-corrected chi connectivity index (χ4v) is 4.59. The molecule has 144 valence electrons. The molecule has 1 saturated carbocycles. The number of carbonyl (C=O) groups excluding carboxylic acids is 1. The number of anilines is 1. The molecule has 3 atom stereocenters. The van der Waals surface area contributed by atoms with Crippen LogP contribution in [0.5, 0.6) is 0 Å². The monoisotopic (exact) mass is 372 g/mol. The third-order valence-electron chi connectivity index (χ3n) is 6.07. The molecular weight excluding hydrogens is 347 g/mol. The van der Waals surface area contributed by atoms with E-state index in [1.54, 1.807) is 12.1 Å². The van der Waals surface area contributed by atoms with Crippen LogP contribution in [0, 0.1) is 23.1 Å². The Morgan fingerprint density at radius 1 is 1.22 bits per heavy atom. The summed E-state index contributed by atoms with van der Waals surface area (Å²) in [4.78, 5) is 16.4. The molecule has 2 heterocycles. The Balaban J connectivity index is 1.32. The van der Waals surface area contributed by atoms with Gasteiger partial charge in [-0.1, -0.05) is 0 Å². The summed E-state index contributed by atoms with van der Waals surface area (Å²) in [6.07, 6.45) is 4.55. The van der Waals surface area contributed by atoms with E-state index in [0.29, 0.717) is 49.5 Å². The number of fused-ring (bicyclic) bond motifs is 1. The second kappa shape index (κ2) is 7.73. The number of nitrogens with zero attached hydrogens (tertiary/aromatic N) is 3. The van der Waals surface area contributed by atoms with Crippen molar-refractivity contribution < 1.29 is 13.9 Å². The number of benzene rings is 1. The molecule has 1 aromatic carbocycles. The Kier molecular flexibility index (Phi) is 5.17. The Morgan fingerprint density at radius 3 is 2.78 bits per heavy atom. The van der Waals surface area contributed by atoms with Gasteiger partial charge < -0.3 is 19.9 Å². The van der Waals surface area contributed by atoms with E-state index in [4.69, 9.17) is 10.00 Å². The van der Waals surface area contributed by atoms with Gasteiger partial charge in [-0.15, -0.1) is 0 Å². The number of urea groups is 1. The van der Waals surface area contributed by atoms with Crippen LogP contribution in [0.15, 0.2) is 18.2 Å². The lowest BCUT2D eigenvalue weighted by Gasteiger charge is -2.38. The maximum atomic E-state index is 14.2. The lowest BCUT2D eigenvalue weighted by atomic mass is 9.82. The highest BCUT2D eigenvalue weighted by Gasteiger charge is 2.39. The number of ether oxygens (including phenoxy) is 1. The number of hydrogen-bond acceptors (Lipinski definition) is 4. The molecule has 2 aliphatic heterocycles. The van der Waals surface area contributed by atoms with Crippen LogP contribution in [-0.2, 0) is 4.74 Å². The molecule has 3 unspecified atom stereocenters. The second-order valence-corrected chi connectivity index (χ2v) is 7.60. The first-order chi connectivity index (χ1) is 13.2. The van der Waals surface area contributed by atoms with E-state index in [0.717, 1.165) is 32.3 Å². The number of nitriles is 1. The van der Waals surface area contributed by atoms with Gasteiger partial charge >= 0.3 is 6.03 Å². The molecule has 4 rings (SSSR count). The molecule has 0 radical (unpaired) electrons. The predicted octanol–water partition coefficient (Wildman–Crippen LogP) is 2.49. The average Bonchev–Trinajstić information content (AvgIpc) is 3.18. The minimum atomic E-state index is -0.388. The van der Waals surface area contributed by atoms with E-state index in [1.165, 1.54) is 6.07 Å². The second-order valence-electron chi connectivity index (χ2n) is 7.60. The Hall–Kier alpha value is -2.33. The molecular formula is C20H25FN4O2. The van der Waals surface area contributed by atoms with Crippen LogP contribution < -0.4 is 10.2 Å². The summed E-state index contributed by atoms with van der Waals surface area (Å²) in [7, 11) is 0. The van der Waals surface area contributed by atoms with E-state index >= 15 is 0 Å². The van der Waals surface area contributed by atoms with Gasteiger partial charge in [0.2, 0.25) is 0 Å². The smallest absolute Gasteiger partial charge is 0.317 e. The third kappa shape index (κ3) is 3.72. The van der Waals surface area contributed by atoms with E-state index in [1.807, 2.05) is 15.9 Å². The summed E-state index contributed by atoms with van der Waals surface area (Å²) in [5, 5.41) is 12.1. The van der Waals surface area contributed by atoms with Gasteiger partial charge in [-0.05, 0) is 43.9 Å². The minimum Gasteiger partial charge on any atom is -0.378 e. The van der Waals surface area contributed by atoms with Gasteiger partial charge in [0.05, 0.1) is 23.4 Å². The zero-order valence-corrected chi connectivity index (χ0v) is 15.4. The molecule has 1 N–H and O–H groups in total. The first kappa shape index (κ1) is 18.1. The highest BCUT2D eigenvalue weighted by molar-refractivity contribution is 5.75. The number of rotatable bonds is 2. The topological polar surface area (TPSA) is 68.6 Å². The molecule has 1 aliphatic carbocycles. The molecule has 0 aromatic heterocycles. The van der Waals surface area contributed by atoms with Crippen LogP contribution >= 0.6 is 0 Å². The molecule has 6 nitrogen and oxygen atoms in total. The SMILES string of the molecule is N#Cc1ccc(N2CCN(C(=O)NC3CCCC4OCCC34)CC2)c(F)c1. The molecule has 1 aromatic rings. The quantitative estimate of drug-likeness (QED) is 0.866. The summed E-state index contributed by atoms with van der Waals surface area (Å²) in [6, 6.07) is 6.66. The Morgan fingerprint density at radius 2 is 2.04 bits per heavy atom.